The first-order chi connectivity index (χ1) is 13.1. The highest BCUT2D eigenvalue weighted by Crippen LogP contribution is 2.28. The molecule has 1 aliphatic carbocycles. The number of halogens is 1. The number of fused-ring (bicyclic) bond motifs is 1. The van der Waals surface area contributed by atoms with Crippen molar-refractivity contribution in [2.45, 2.75) is 19.3 Å². The highest BCUT2D eigenvalue weighted by atomic mass is 19.1. The number of hydrogen-bond donors (Lipinski definition) is 0. The Hall–Kier alpha value is -2.74. The zero-order chi connectivity index (χ0) is 18.8. The standard InChI is InChI=1S/C19H20FN3O4/c20-13-4-6-14(7-5-13)23-16-3-1-2-15(16)18(21-23)19(25)27-12-17(24)22-8-10-26-11-9-22/h4-7H,1-3,8-12H2. The first-order valence-corrected chi connectivity index (χ1v) is 9.03. The van der Waals surface area contributed by atoms with E-state index in [0.717, 1.165) is 30.5 Å². The molecule has 1 aliphatic heterocycles. The summed E-state index contributed by atoms with van der Waals surface area (Å²) in [6, 6.07) is 5.96. The maximum atomic E-state index is 13.2. The Morgan fingerprint density at radius 3 is 2.63 bits per heavy atom. The predicted molar refractivity (Wildman–Crippen MR) is 93.2 cm³/mol. The molecule has 0 spiro atoms. The maximum absolute atomic E-state index is 13.2. The molecule has 0 saturated carbocycles. The van der Waals surface area contributed by atoms with E-state index in [1.165, 1.54) is 12.1 Å². The molecular formula is C19H20FN3O4. The Labute approximate surface area is 155 Å². The van der Waals surface area contributed by atoms with Crippen LogP contribution in [-0.2, 0) is 27.1 Å². The molecule has 1 saturated heterocycles. The van der Waals surface area contributed by atoms with Crippen LogP contribution >= 0.6 is 0 Å². The molecule has 2 aliphatic rings. The van der Waals surface area contributed by atoms with Gasteiger partial charge in [-0.1, -0.05) is 0 Å². The summed E-state index contributed by atoms with van der Waals surface area (Å²) < 4.78 is 25.3. The number of esters is 1. The molecular weight excluding hydrogens is 353 g/mol. The van der Waals surface area contributed by atoms with Crippen LogP contribution in [0.15, 0.2) is 24.3 Å². The zero-order valence-electron chi connectivity index (χ0n) is 14.8. The van der Waals surface area contributed by atoms with Gasteiger partial charge in [0.25, 0.3) is 5.91 Å². The van der Waals surface area contributed by atoms with E-state index in [1.54, 1.807) is 21.7 Å². The molecule has 2 heterocycles. The number of benzene rings is 1. The van der Waals surface area contributed by atoms with Crippen LogP contribution in [0.1, 0.15) is 28.2 Å². The smallest absolute Gasteiger partial charge is 0.359 e. The Balaban J connectivity index is 1.50. The number of rotatable bonds is 4. The third-order valence-corrected chi connectivity index (χ3v) is 4.89. The molecule has 0 unspecified atom stereocenters. The van der Waals surface area contributed by atoms with E-state index in [-0.39, 0.29) is 24.0 Å². The van der Waals surface area contributed by atoms with E-state index in [1.807, 2.05) is 0 Å². The largest absolute Gasteiger partial charge is 0.451 e. The summed E-state index contributed by atoms with van der Waals surface area (Å²) >= 11 is 0. The second kappa shape index (κ2) is 7.48. The van der Waals surface area contributed by atoms with Crippen LogP contribution in [0.3, 0.4) is 0 Å². The van der Waals surface area contributed by atoms with Gasteiger partial charge in [0.2, 0.25) is 0 Å². The van der Waals surface area contributed by atoms with Crippen LogP contribution in [0.25, 0.3) is 5.69 Å². The molecule has 1 aromatic carbocycles. The average molecular weight is 373 g/mol. The second-order valence-corrected chi connectivity index (χ2v) is 6.58. The molecule has 0 bridgehead atoms. The molecule has 4 rings (SSSR count). The highest BCUT2D eigenvalue weighted by Gasteiger charge is 2.28. The van der Waals surface area contributed by atoms with E-state index in [0.29, 0.717) is 32.0 Å². The van der Waals surface area contributed by atoms with E-state index in [9.17, 15) is 14.0 Å². The van der Waals surface area contributed by atoms with Gasteiger partial charge >= 0.3 is 5.97 Å². The summed E-state index contributed by atoms with van der Waals surface area (Å²) in [5.74, 6) is -1.17. The first kappa shape index (κ1) is 17.7. The van der Waals surface area contributed by atoms with Crippen LogP contribution in [0.4, 0.5) is 4.39 Å². The van der Waals surface area contributed by atoms with Crippen molar-refractivity contribution in [3.8, 4) is 5.69 Å². The van der Waals surface area contributed by atoms with Gasteiger partial charge in [0, 0.05) is 24.3 Å². The quantitative estimate of drug-likeness (QED) is 0.760. The lowest BCUT2D eigenvalue weighted by atomic mass is 10.2. The topological polar surface area (TPSA) is 73.7 Å². The second-order valence-electron chi connectivity index (χ2n) is 6.58. The number of ether oxygens (including phenoxy) is 2. The summed E-state index contributed by atoms with van der Waals surface area (Å²) in [4.78, 5) is 26.3. The minimum atomic E-state index is -0.601. The summed E-state index contributed by atoms with van der Waals surface area (Å²) in [6.07, 6.45) is 2.44. The minimum absolute atomic E-state index is 0.235. The number of nitrogens with zero attached hydrogens (tertiary/aromatic N) is 3. The van der Waals surface area contributed by atoms with E-state index < -0.39 is 5.97 Å². The molecule has 1 amide bonds. The number of carbonyl (C=O) groups is 2. The Kier molecular flexibility index (Phi) is 4.89. The van der Waals surface area contributed by atoms with E-state index >= 15 is 0 Å². The number of carbonyl (C=O) groups excluding carboxylic acids is 2. The van der Waals surface area contributed by atoms with Crippen LogP contribution in [0, 0.1) is 5.82 Å². The lowest BCUT2D eigenvalue weighted by Crippen LogP contribution is -2.42. The lowest BCUT2D eigenvalue weighted by Gasteiger charge is -2.26. The van der Waals surface area contributed by atoms with Crippen molar-refractivity contribution in [1.29, 1.82) is 0 Å². The molecule has 27 heavy (non-hydrogen) atoms. The van der Waals surface area contributed by atoms with Gasteiger partial charge in [-0.2, -0.15) is 5.10 Å². The fourth-order valence-corrected chi connectivity index (χ4v) is 3.50. The molecule has 0 radical (unpaired) electrons. The maximum Gasteiger partial charge on any atom is 0.359 e. The van der Waals surface area contributed by atoms with Crippen LogP contribution in [-0.4, -0.2) is 59.5 Å². The fourth-order valence-electron chi connectivity index (χ4n) is 3.50. The van der Waals surface area contributed by atoms with Gasteiger partial charge in [0.1, 0.15) is 5.82 Å². The van der Waals surface area contributed by atoms with Gasteiger partial charge in [-0.3, -0.25) is 4.79 Å². The molecule has 8 heteroatoms. The van der Waals surface area contributed by atoms with Crippen molar-refractivity contribution in [1.82, 2.24) is 14.7 Å². The van der Waals surface area contributed by atoms with Gasteiger partial charge < -0.3 is 14.4 Å². The Morgan fingerprint density at radius 2 is 1.89 bits per heavy atom. The fraction of sp³-hybridized carbons (Fsp3) is 0.421. The van der Waals surface area contributed by atoms with Crippen LogP contribution in [0.5, 0.6) is 0 Å². The van der Waals surface area contributed by atoms with Crippen molar-refractivity contribution >= 4 is 11.9 Å². The third kappa shape index (κ3) is 3.57. The molecule has 0 atom stereocenters. The SMILES string of the molecule is O=C(OCC(=O)N1CCOCC1)c1nn(-c2ccc(F)cc2)c2c1CCC2. The minimum Gasteiger partial charge on any atom is -0.451 e. The highest BCUT2D eigenvalue weighted by molar-refractivity contribution is 5.91. The predicted octanol–water partition coefficient (Wildman–Crippen LogP) is 1.52. The average Bonchev–Trinajstić information content (AvgIpc) is 3.30. The number of aromatic nitrogens is 2. The molecule has 1 fully saturated rings. The number of hydrogen-bond acceptors (Lipinski definition) is 5. The van der Waals surface area contributed by atoms with E-state index in [4.69, 9.17) is 9.47 Å². The van der Waals surface area contributed by atoms with Crippen molar-refractivity contribution in [2.24, 2.45) is 0 Å². The molecule has 1 aromatic heterocycles. The summed E-state index contributed by atoms with van der Waals surface area (Å²) in [6.45, 7) is 1.69. The molecule has 7 nitrogen and oxygen atoms in total. The number of amides is 1. The van der Waals surface area contributed by atoms with Crippen molar-refractivity contribution < 1.29 is 23.5 Å². The van der Waals surface area contributed by atoms with Crippen LogP contribution < -0.4 is 0 Å². The van der Waals surface area contributed by atoms with Gasteiger partial charge in [-0.25, -0.2) is 13.9 Å². The van der Waals surface area contributed by atoms with Gasteiger partial charge in [0.15, 0.2) is 12.3 Å². The van der Waals surface area contributed by atoms with Crippen LogP contribution in [0.2, 0.25) is 0 Å². The summed E-state index contributed by atoms with van der Waals surface area (Å²) in [5.41, 5.74) is 2.72. The van der Waals surface area contributed by atoms with Crippen molar-refractivity contribution in [3.63, 3.8) is 0 Å². The van der Waals surface area contributed by atoms with Gasteiger partial charge in [-0.05, 0) is 43.5 Å². The summed E-state index contributed by atoms with van der Waals surface area (Å²) in [5, 5.41) is 4.40. The molecule has 142 valence electrons. The van der Waals surface area contributed by atoms with Gasteiger partial charge in [0.05, 0.1) is 18.9 Å². The summed E-state index contributed by atoms with van der Waals surface area (Å²) in [7, 11) is 0. The molecule has 0 N–H and O–H groups in total. The van der Waals surface area contributed by atoms with E-state index in [2.05, 4.69) is 5.10 Å². The third-order valence-electron chi connectivity index (χ3n) is 4.89. The molecule has 2 aromatic rings. The first-order valence-electron chi connectivity index (χ1n) is 9.03. The zero-order valence-corrected chi connectivity index (χ0v) is 14.8. The normalized spacial score (nSPS) is 16.3. The van der Waals surface area contributed by atoms with Crippen molar-refractivity contribution in [2.75, 3.05) is 32.9 Å². The lowest BCUT2D eigenvalue weighted by molar-refractivity contribution is -0.138. The van der Waals surface area contributed by atoms with Crippen molar-refractivity contribution in [3.05, 3.63) is 47.0 Å². The monoisotopic (exact) mass is 373 g/mol. The van der Waals surface area contributed by atoms with Gasteiger partial charge in [-0.15, -0.1) is 0 Å². The number of morpholine rings is 1. The Bertz CT molecular complexity index is 857. The Morgan fingerprint density at radius 1 is 1.15 bits per heavy atom.